The topological polar surface area (TPSA) is 87.8 Å². The van der Waals surface area contributed by atoms with Crippen molar-refractivity contribution in [2.75, 3.05) is 26.2 Å². The molecule has 4 heterocycles. The second-order valence-electron chi connectivity index (χ2n) is 11.3. The number of aliphatic hydroxyl groups is 1. The van der Waals surface area contributed by atoms with Crippen molar-refractivity contribution in [3.63, 3.8) is 0 Å². The number of hydrogen-bond donors (Lipinski definition) is 2. The molecule has 0 amide bonds. The molecule has 3 aliphatic heterocycles. The Bertz CT molecular complexity index is 1650. The highest BCUT2D eigenvalue weighted by atomic mass is 32.5. The molecule has 1 unspecified atom stereocenters. The third-order valence-corrected chi connectivity index (χ3v) is 9.70. The van der Waals surface area contributed by atoms with Gasteiger partial charge in [-0.2, -0.15) is 5.10 Å². The average molecular weight is 595 g/mol. The molecule has 14 heteroatoms. The van der Waals surface area contributed by atoms with Crippen molar-refractivity contribution in [2.45, 2.75) is 36.8 Å². The molecule has 1 aromatic heterocycles. The van der Waals surface area contributed by atoms with Crippen molar-refractivity contribution in [1.29, 1.82) is 0 Å². The molecule has 0 bridgehead atoms. The normalized spacial score (nSPS) is 25.4. The van der Waals surface area contributed by atoms with Gasteiger partial charge < -0.3 is 20.2 Å². The Morgan fingerprint density at radius 2 is 1.78 bits per heavy atom. The fraction of sp³-hybridized carbons (Fsp3) is 0.370. The molecule has 7 rings (SSSR count). The summed E-state index contributed by atoms with van der Waals surface area (Å²) in [4.78, 5) is 9.79. The number of aryl methyl sites for hydroxylation is 1. The Morgan fingerprint density at radius 1 is 1.05 bits per heavy atom. The van der Waals surface area contributed by atoms with Crippen molar-refractivity contribution >= 4 is 22.1 Å². The van der Waals surface area contributed by atoms with Crippen LogP contribution in [0, 0.1) is 12.3 Å². The Morgan fingerprint density at radius 3 is 2.34 bits per heavy atom. The molecule has 41 heavy (non-hydrogen) atoms. The maximum Gasteiger partial charge on any atom is 0.310 e. The summed E-state index contributed by atoms with van der Waals surface area (Å²) in [5.41, 5.74) is 3.50. The lowest BCUT2D eigenvalue weighted by Crippen LogP contribution is -2.65. The summed E-state index contributed by atoms with van der Waals surface area (Å²) in [6, 6.07) is 6.57. The summed E-state index contributed by atoms with van der Waals surface area (Å²) in [6.07, 6.45) is 6.24. The SMILES string of the molecule is Cc1ncn(-c2ccc(/C=C3\CC4(CNC4)CN4C3=NOC4(CO)c3ccc(S(F)(F)(F)(F)F)cc3)c3c2CC3)n1. The van der Waals surface area contributed by atoms with E-state index in [9.17, 15) is 24.5 Å². The van der Waals surface area contributed by atoms with E-state index in [-0.39, 0.29) is 11.0 Å². The number of nitrogens with one attached hydrogen (secondary N) is 1. The number of oxime groups is 1. The van der Waals surface area contributed by atoms with Crippen molar-refractivity contribution in [3.05, 3.63) is 76.4 Å². The van der Waals surface area contributed by atoms with Crippen LogP contribution >= 0.6 is 10.2 Å². The Balaban J connectivity index is 1.27. The van der Waals surface area contributed by atoms with E-state index < -0.39 is 27.5 Å². The number of aliphatic hydroxyl groups excluding tert-OH is 1. The number of amidine groups is 1. The van der Waals surface area contributed by atoms with Gasteiger partial charge in [0.25, 0.3) is 5.72 Å². The smallest absolute Gasteiger partial charge is 0.310 e. The summed E-state index contributed by atoms with van der Waals surface area (Å²) in [6.45, 7) is 3.00. The van der Waals surface area contributed by atoms with Gasteiger partial charge in [-0.25, -0.2) is 9.67 Å². The van der Waals surface area contributed by atoms with Crippen LogP contribution in [0.5, 0.6) is 0 Å². The van der Waals surface area contributed by atoms with Gasteiger partial charge in [0, 0.05) is 30.6 Å². The third kappa shape index (κ3) is 4.14. The number of hydrogen-bond acceptors (Lipinski definition) is 7. The summed E-state index contributed by atoms with van der Waals surface area (Å²) < 4.78 is 68.6. The van der Waals surface area contributed by atoms with Gasteiger partial charge in [-0.15, -0.1) is 0 Å². The number of aromatic nitrogens is 3. The van der Waals surface area contributed by atoms with Crippen molar-refractivity contribution in [1.82, 2.24) is 25.0 Å². The van der Waals surface area contributed by atoms with Gasteiger partial charge in [-0.1, -0.05) is 42.8 Å². The highest BCUT2D eigenvalue weighted by molar-refractivity contribution is 8.45. The van der Waals surface area contributed by atoms with Gasteiger partial charge in [0.2, 0.25) is 0 Å². The van der Waals surface area contributed by atoms with Crippen molar-refractivity contribution in [3.8, 4) is 5.69 Å². The van der Waals surface area contributed by atoms with Crippen LogP contribution in [0.2, 0.25) is 0 Å². The van der Waals surface area contributed by atoms with E-state index in [4.69, 9.17) is 4.84 Å². The van der Waals surface area contributed by atoms with Crippen LogP contribution in [-0.2, 0) is 23.4 Å². The van der Waals surface area contributed by atoms with Crippen molar-refractivity contribution < 1.29 is 29.4 Å². The molecule has 2 aromatic carbocycles. The second kappa shape index (κ2) is 7.86. The minimum Gasteiger partial charge on any atom is -0.390 e. The number of piperidine rings is 1. The lowest BCUT2D eigenvalue weighted by atomic mass is 9.71. The predicted octanol–water partition coefficient (Wildman–Crippen LogP) is 5.20. The average Bonchev–Trinajstić information content (AvgIpc) is 3.47. The predicted molar refractivity (Wildman–Crippen MR) is 143 cm³/mol. The van der Waals surface area contributed by atoms with Crippen LogP contribution in [0.15, 0.2) is 58.3 Å². The summed E-state index contributed by atoms with van der Waals surface area (Å²) in [7, 11) is -9.86. The molecule has 2 saturated heterocycles. The molecular weight excluding hydrogens is 567 g/mol. The van der Waals surface area contributed by atoms with Gasteiger partial charge in [0.15, 0.2) is 5.84 Å². The first-order chi connectivity index (χ1) is 19.2. The zero-order valence-corrected chi connectivity index (χ0v) is 22.8. The van der Waals surface area contributed by atoms with Crippen LogP contribution in [0.4, 0.5) is 19.4 Å². The molecule has 1 atom stereocenters. The highest BCUT2D eigenvalue weighted by Gasteiger charge is 2.65. The maximum atomic E-state index is 13.4. The van der Waals surface area contributed by atoms with E-state index in [0.717, 1.165) is 41.8 Å². The number of rotatable bonds is 5. The van der Waals surface area contributed by atoms with Gasteiger partial charge >= 0.3 is 10.2 Å². The zero-order chi connectivity index (χ0) is 28.9. The minimum absolute atomic E-state index is 0.101. The van der Waals surface area contributed by atoms with E-state index in [2.05, 4.69) is 26.6 Å². The number of fused-ring (bicyclic) bond motifs is 2. The molecule has 218 valence electrons. The maximum absolute atomic E-state index is 13.4. The van der Waals surface area contributed by atoms with Crippen molar-refractivity contribution in [2.24, 2.45) is 10.6 Å². The number of nitrogens with zero attached hydrogens (tertiary/aromatic N) is 5. The van der Waals surface area contributed by atoms with Crippen LogP contribution in [0.1, 0.15) is 34.5 Å². The molecule has 2 fully saturated rings. The quantitative estimate of drug-likeness (QED) is 0.395. The monoisotopic (exact) mass is 594 g/mol. The van der Waals surface area contributed by atoms with E-state index in [1.165, 1.54) is 11.1 Å². The van der Waals surface area contributed by atoms with Gasteiger partial charge in [0.05, 0.1) is 5.69 Å². The van der Waals surface area contributed by atoms with Crippen LogP contribution in [0.25, 0.3) is 11.8 Å². The molecule has 8 nitrogen and oxygen atoms in total. The lowest BCUT2D eigenvalue weighted by Gasteiger charge is -2.52. The van der Waals surface area contributed by atoms with Gasteiger partial charge in [-0.3, -0.25) is 0 Å². The number of halogens is 5. The molecule has 4 aliphatic rings. The molecule has 3 aromatic rings. The lowest BCUT2D eigenvalue weighted by molar-refractivity contribution is -0.148. The van der Waals surface area contributed by atoms with Gasteiger partial charge in [-0.05, 0) is 72.7 Å². The Hall–Kier alpha value is -3.49. The molecule has 0 saturated carbocycles. The second-order valence-corrected chi connectivity index (χ2v) is 13.8. The van der Waals surface area contributed by atoms with E-state index in [0.29, 0.717) is 49.8 Å². The fourth-order valence-electron chi connectivity index (χ4n) is 6.26. The molecule has 2 N–H and O–H groups in total. The first-order valence-corrected chi connectivity index (χ1v) is 15.1. The standard InChI is InChI=1S/C27H27F5N6O2S/c1-17-34-16-38(35-17)24-9-2-18(22-7-8-23(22)24)10-19-11-26(12-33-13-26)14-37-25(19)36-40-27(37,15-39)20-3-5-21(6-4-20)41(28,29,30,31)32/h2-6,9-10,16,33,39H,7-8,11-15H2,1H3/b19-10+. The first-order valence-electron chi connectivity index (χ1n) is 13.1. The van der Waals surface area contributed by atoms with E-state index in [1.807, 2.05) is 19.1 Å². The van der Waals surface area contributed by atoms with Gasteiger partial charge in [0.1, 0.15) is 23.7 Å². The highest BCUT2D eigenvalue weighted by Crippen LogP contribution is 3.02. The molecule has 1 aliphatic carbocycles. The Kier molecular flexibility index (Phi) is 5.07. The summed E-state index contributed by atoms with van der Waals surface area (Å²) >= 11 is 0. The van der Waals surface area contributed by atoms with Crippen LogP contribution in [-0.4, -0.2) is 56.8 Å². The zero-order valence-electron chi connectivity index (χ0n) is 22.0. The largest absolute Gasteiger partial charge is 0.390 e. The third-order valence-electron chi connectivity index (χ3n) is 8.54. The fourth-order valence-corrected chi connectivity index (χ4v) is 6.91. The van der Waals surface area contributed by atoms with Crippen LogP contribution in [0.3, 0.4) is 0 Å². The van der Waals surface area contributed by atoms with E-state index in [1.54, 1.807) is 15.9 Å². The summed E-state index contributed by atoms with van der Waals surface area (Å²) in [5, 5.41) is 22.6. The molecule has 1 spiro atoms. The number of benzene rings is 2. The Labute approximate surface area is 232 Å². The van der Waals surface area contributed by atoms with Crippen LogP contribution < -0.4 is 5.32 Å². The van der Waals surface area contributed by atoms with E-state index >= 15 is 0 Å². The molecular formula is C27H27F5N6O2S. The first kappa shape index (κ1) is 26.4. The minimum atomic E-state index is -9.86. The molecule has 0 radical (unpaired) electrons. The summed E-state index contributed by atoms with van der Waals surface area (Å²) in [5.74, 6) is 1.15.